The van der Waals surface area contributed by atoms with Crippen LogP contribution >= 0.6 is 11.8 Å². The lowest BCUT2D eigenvalue weighted by molar-refractivity contribution is -0.128. The number of amides is 2. The van der Waals surface area contributed by atoms with Gasteiger partial charge < -0.3 is 24.4 Å². The first-order valence-corrected chi connectivity index (χ1v) is 9.40. The zero-order valence-corrected chi connectivity index (χ0v) is 16.6. The van der Waals surface area contributed by atoms with E-state index in [0.29, 0.717) is 30.3 Å². The molecule has 0 bridgehead atoms. The van der Waals surface area contributed by atoms with E-state index in [1.807, 2.05) is 18.2 Å². The van der Waals surface area contributed by atoms with Crippen molar-refractivity contribution >= 4 is 23.8 Å². The van der Waals surface area contributed by atoms with Gasteiger partial charge in [0, 0.05) is 18.7 Å². The quantitative estimate of drug-likeness (QED) is 0.815. The van der Waals surface area contributed by atoms with Crippen LogP contribution in [0.15, 0.2) is 18.2 Å². The summed E-state index contributed by atoms with van der Waals surface area (Å²) in [5.41, 5.74) is 0.319. The Morgan fingerprint density at radius 1 is 1.31 bits per heavy atom. The van der Waals surface area contributed by atoms with E-state index in [1.54, 1.807) is 39.9 Å². The summed E-state index contributed by atoms with van der Waals surface area (Å²) >= 11 is 1.53. The number of methoxy groups -OCH3 is 2. The van der Waals surface area contributed by atoms with Gasteiger partial charge >= 0.3 is 6.09 Å². The van der Waals surface area contributed by atoms with Gasteiger partial charge in [0.25, 0.3) is 0 Å². The van der Waals surface area contributed by atoms with Gasteiger partial charge in [-0.1, -0.05) is 12.1 Å². The standard InChI is InChI=1S/C18H26N2O5S/c1-18(2,3)25-17(22)19-9-10-20-14(21)11-26-16(20)12-7-6-8-13(23-4)15(12)24-5/h6-8,16H,9-11H2,1-5H3,(H,19,22). The molecule has 1 fully saturated rings. The van der Waals surface area contributed by atoms with Crippen LogP contribution in [0.2, 0.25) is 0 Å². The highest BCUT2D eigenvalue weighted by atomic mass is 32.2. The van der Waals surface area contributed by atoms with Crippen LogP contribution in [-0.2, 0) is 9.53 Å². The monoisotopic (exact) mass is 382 g/mol. The third kappa shape index (κ3) is 4.97. The van der Waals surface area contributed by atoms with Gasteiger partial charge in [-0.2, -0.15) is 0 Å². The highest BCUT2D eigenvalue weighted by Gasteiger charge is 2.35. The van der Waals surface area contributed by atoms with Crippen molar-refractivity contribution in [3.05, 3.63) is 23.8 Å². The molecule has 1 saturated heterocycles. The number of carbonyl (C=O) groups excluding carboxylic acids is 2. The van der Waals surface area contributed by atoms with Gasteiger partial charge in [0.15, 0.2) is 11.5 Å². The molecule has 1 aliphatic rings. The SMILES string of the molecule is COc1cccc(C2SCC(=O)N2CCNC(=O)OC(C)(C)C)c1OC. The number of ether oxygens (including phenoxy) is 3. The molecule has 2 amide bonds. The van der Waals surface area contributed by atoms with Crippen LogP contribution in [0.3, 0.4) is 0 Å². The summed E-state index contributed by atoms with van der Waals surface area (Å²) in [4.78, 5) is 25.8. The predicted octanol–water partition coefficient (Wildman–Crippen LogP) is 2.80. The maximum Gasteiger partial charge on any atom is 0.407 e. The Morgan fingerprint density at radius 3 is 2.65 bits per heavy atom. The van der Waals surface area contributed by atoms with Crippen molar-refractivity contribution in [3.63, 3.8) is 0 Å². The van der Waals surface area contributed by atoms with Crippen LogP contribution in [0.5, 0.6) is 11.5 Å². The molecule has 0 aromatic heterocycles. The minimum Gasteiger partial charge on any atom is -0.493 e. The first-order chi connectivity index (χ1) is 12.3. The minimum absolute atomic E-state index is 0.0239. The Morgan fingerprint density at radius 2 is 2.04 bits per heavy atom. The summed E-state index contributed by atoms with van der Waals surface area (Å²) < 4.78 is 16.1. The number of carbonyl (C=O) groups is 2. The van der Waals surface area contributed by atoms with Gasteiger partial charge in [0.2, 0.25) is 5.91 Å². The third-order valence-corrected chi connectivity index (χ3v) is 4.93. The predicted molar refractivity (Wildman–Crippen MR) is 101 cm³/mol. The van der Waals surface area contributed by atoms with Crippen molar-refractivity contribution in [2.45, 2.75) is 31.7 Å². The lowest BCUT2D eigenvalue weighted by atomic mass is 10.1. The fourth-order valence-electron chi connectivity index (χ4n) is 2.65. The van der Waals surface area contributed by atoms with Crippen LogP contribution in [0.25, 0.3) is 0 Å². The van der Waals surface area contributed by atoms with E-state index in [1.165, 1.54) is 11.8 Å². The summed E-state index contributed by atoms with van der Waals surface area (Å²) in [6.07, 6.45) is -0.493. The maximum atomic E-state index is 12.3. The van der Waals surface area contributed by atoms with E-state index in [4.69, 9.17) is 14.2 Å². The highest BCUT2D eigenvalue weighted by molar-refractivity contribution is 8.00. The fourth-order valence-corrected chi connectivity index (χ4v) is 3.89. The molecule has 1 aromatic carbocycles. The van der Waals surface area contributed by atoms with Crippen molar-refractivity contribution in [2.75, 3.05) is 33.1 Å². The Kier molecular flexibility index (Phi) is 6.63. The number of para-hydroxylation sites is 1. The van der Waals surface area contributed by atoms with E-state index in [0.717, 1.165) is 5.56 Å². The zero-order chi connectivity index (χ0) is 19.3. The number of thioether (sulfide) groups is 1. The van der Waals surface area contributed by atoms with Gasteiger partial charge in [-0.15, -0.1) is 11.8 Å². The van der Waals surface area contributed by atoms with Crippen LogP contribution in [0, 0.1) is 0 Å². The number of nitrogens with one attached hydrogen (secondary N) is 1. The third-order valence-electron chi connectivity index (χ3n) is 3.69. The number of alkyl carbamates (subject to hydrolysis) is 1. The summed E-state index contributed by atoms with van der Waals surface area (Å²) in [6, 6.07) is 5.61. The number of rotatable bonds is 6. The lowest BCUT2D eigenvalue weighted by Gasteiger charge is -2.26. The smallest absolute Gasteiger partial charge is 0.407 e. The second-order valence-electron chi connectivity index (χ2n) is 6.76. The van der Waals surface area contributed by atoms with E-state index < -0.39 is 11.7 Å². The van der Waals surface area contributed by atoms with Crippen molar-refractivity contribution in [2.24, 2.45) is 0 Å². The molecule has 0 aliphatic carbocycles. The number of hydrogen-bond donors (Lipinski definition) is 1. The molecule has 8 heteroatoms. The fraction of sp³-hybridized carbons (Fsp3) is 0.556. The van der Waals surface area contributed by atoms with Crippen LogP contribution in [-0.4, -0.2) is 55.6 Å². The molecule has 1 heterocycles. The molecule has 144 valence electrons. The van der Waals surface area contributed by atoms with E-state index in [2.05, 4.69) is 5.32 Å². The molecule has 1 N–H and O–H groups in total. The second-order valence-corrected chi connectivity index (χ2v) is 7.83. The Bertz CT molecular complexity index is 659. The van der Waals surface area contributed by atoms with E-state index in [9.17, 15) is 9.59 Å². The summed E-state index contributed by atoms with van der Waals surface area (Å²) in [7, 11) is 3.16. The molecule has 0 spiro atoms. The molecule has 0 saturated carbocycles. The van der Waals surface area contributed by atoms with Crippen LogP contribution in [0.1, 0.15) is 31.7 Å². The van der Waals surface area contributed by atoms with Gasteiger partial charge in [-0.3, -0.25) is 4.79 Å². The molecular weight excluding hydrogens is 356 g/mol. The average Bonchev–Trinajstić information content (AvgIpc) is 2.93. The number of hydrogen-bond acceptors (Lipinski definition) is 6. The Hall–Kier alpha value is -2.09. The van der Waals surface area contributed by atoms with Crippen LogP contribution in [0.4, 0.5) is 4.79 Å². The van der Waals surface area contributed by atoms with Crippen molar-refractivity contribution in [1.29, 1.82) is 0 Å². The molecule has 1 unspecified atom stereocenters. The summed E-state index contributed by atoms with van der Waals surface area (Å²) in [5.74, 6) is 1.65. The van der Waals surface area contributed by atoms with Gasteiger partial charge in [-0.25, -0.2) is 4.79 Å². The molecular formula is C18H26N2O5S. The highest BCUT2D eigenvalue weighted by Crippen LogP contribution is 2.45. The van der Waals surface area contributed by atoms with Gasteiger partial charge in [0.1, 0.15) is 11.0 Å². The van der Waals surface area contributed by atoms with E-state index >= 15 is 0 Å². The molecule has 1 aromatic rings. The maximum absolute atomic E-state index is 12.3. The normalized spacial score (nSPS) is 17.2. The van der Waals surface area contributed by atoms with Crippen molar-refractivity contribution < 1.29 is 23.8 Å². The lowest BCUT2D eigenvalue weighted by Crippen LogP contribution is -2.39. The van der Waals surface area contributed by atoms with E-state index in [-0.39, 0.29) is 11.3 Å². The van der Waals surface area contributed by atoms with Gasteiger partial charge in [-0.05, 0) is 26.8 Å². The van der Waals surface area contributed by atoms with Crippen molar-refractivity contribution in [1.82, 2.24) is 10.2 Å². The first-order valence-electron chi connectivity index (χ1n) is 8.35. The van der Waals surface area contributed by atoms with Crippen LogP contribution < -0.4 is 14.8 Å². The summed E-state index contributed by atoms with van der Waals surface area (Å²) in [6.45, 7) is 6.11. The molecule has 26 heavy (non-hydrogen) atoms. The first kappa shape index (κ1) is 20.2. The number of nitrogens with zero attached hydrogens (tertiary/aromatic N) is 1. The largest absolute Gasteiger partial charge is 0.493 e. The van der Waals surface area contributed by atoms with Gasteiger partial charge in [0.05, 0.1) is 20.0 Å². The number of benzene rings is 1. The molecule has 0 radical (unpaired) electrons. The van der Waals surface area contributed by atoms with Crippen molar-refractivity contribution in [3.8, 4) is 11.5 Å². The zero-order valence-electron chi connectivity index (χ0n) is 15.8. The molecule has 2 rings (SSSR count). The second kappa shape index (κ2) is 8.53. The minimum atomic E-state index is -0.556. The molecule has 1 atom stereocenters. The topological polar surface area (TPSA) is 77.1 Å². The molecule has 1 aliphatic heterocycles. The molecule has 7 nitrogen and oxygen atoms in total. The average molecular weight is 382 g/mol. The summed E-state index contributed by atoms with van der Waals surface area (Å²) in [5, 5.41) is 2.50. The Labute approximate surface area is 158 Å². The Balaban J connectivity index is 2.06.